The highest BCUT2D eigenvalue weighted by molar-refractivity contribution is 5.25. The lowest BCUT2D eigenvalue weighted by Crippen LogP contribution is -2.35. The van der Waals surface area contributed by atoms with E-state index in [0.29, 0.717) is 5.92 Å². The van der Waals surface area contributed by atoms with Crippen LogP contribution in [0, 0.1) is 11.8 Å². The van der Waals surface area contributed by atoms with E-state index in [-0.39, 0.29) is 0 Å². The highest BCUT2D eigenvalue weighted by Crippen LogP contribution is 2.16. The first-order valence-electron chi connectivity index (χ1n) is 7.08. The van der Waals surface area contributed by atoms with Gasteiger partial charge in [-0.2, -0.15) is 0 Å². The van der Waals surface area contributed by atoms with Gasteiger partial charge in [-0.25, -0.2) is 4.98 Å². The third-order valence-corrected chi connectivity index (χ3v) is 3.55. The highest BCUT2D eigenvalue weighted by atomic mass is 15.2. The fraction of sp³-hybridized carbons (Fsp3) is 0.786. The molecule has 0 bridgehead atoms. The van der Waals surface area contributed by atoms with Crippen LogP contribution in [0.2, 0.25) is 0 Å². The van der Waals surface area contributed by atoms with Crippen LogP contribution in [0.5, 0.6) is 0 Å². The van der Waals surface area contributed by atoms with E-state index in [1.807, 2.05) is 6.20 Å². The van der Waals surface area contributed by atoms with Gasteiger partial charge in [-0.05, 0) is 38.3 Å². The Balaban J connectivity index is 1.84. The van der Waals surface area contributed by atoms with Crippen LogP contribution in [0.4, 0.5) is 5.95 Å². The molecule has 1 unspecified atom stereocenters. The van der Waals surface area contributed by atoms with Crippen molar-refractivity contribution < 1.29 is 0 Å². The van der Waals surface area contributed by atoms with Crippen LogP contribution in [0.25, 0.3) is 0 Å². The Bertz CT molecular complexity index is 358. The molecule has 1 aromatic heterocycles. The summed E-state index contributed by atoms with van der Waals surface area (Å²) < 4.78 is 2.22. The van der Waals surface area contributed by atoms with Crippen LogP contribution in [0.3, 0.4) is 0 Å². The molecular weight excluding hydrogens is 224 g/mol. The average Bonchev–Trinajstić information content (AvgIpc) is 2.73. The van der Waals surface area contributed by atoms with Crippen LogP contribution >= 0.6 is 0 Å². The monoisotopic (exact) mass is 250 g/mol. The third kappa shape index (κ3) is 3.73. The first-order chi connectivity index (χ1) is 8.65. The fourth-order valence-corrected chi connectivity index (χ4v) is 2.69. The number of anilines is 1. The third-order valence-electron chi connectivity index (χ3n) is 3.55. The Hall–Kier alpha value is -1.03. The van der Waals surface area contributed by atoms with Crippen LogP contribution in [-0.4, -0.2) is 41.1 Å². The zero-order valence-electron chi connectivity index (χ0n) is 11.9. The number of nitrogens with zero attached hydrogens (tertiary/aromatic N) is 3. The largest absolute Gasteiger partial charge is 0.355 e. The summed E-state index contributed by atoms with van der Waals surface area (Å²) in [5.41, 5.74) is 0. The van der Waals surface area contributed by atoms with Gasteiger partial charge in [-0.15, -0.1) is 0 Å². The predicted octanol–water partition coefficient (Wildman–Crippen LogP) is 2.29. The van der Waals surface area contributed by atoms with Crippen molar-refractivity contribution in [3.05, 3.63) is 12.4 Å². The molecule has 1 aliphatic rings. The van der Waals surface area contributed by atoms with Crippen molar-refractivity contribution in [3.8, 4) is 0 Å². The summed E-state index contributed by atoms with van der Waals surface area (Å²) in [6.07, 6.45) is 6.61. The maximum absolute atomic E-state index is 4.41. The molecule has 0 spiro atoms. The lowest BCUT2D eigenvalue weighted by Gasteiger charge is -2.29. The van der Waals surface area contributed by atoms with Crippen LogP contribution < -0.4 is 5.32 Å². The van der Waals surface area contributed by atoms with Gasteiger partial charge in [-0.1, -0.05) is 13.8 Å². The van der Waals surface area contributed by atoms with Gasteiger partial charge in [0.05, 0.1) is 0 Å². The maximum atomic E-state index is 4.41. The first kappa shape index (κ1) is 13.4. The van der Waals surface area contributed by atoms with Crippen molar-refractivity contribution in [2.45, 2.75) is 33.2 Å². The molecule has 0 aromatic carbocycles. The summed E-state index contributed by atoms with van der Waals surface area (Å²) in [6, 6.07) is 0. The lowest BCUT2D eigenvalue weighted by molar-refractivity contribution is 0.217. The molecule has 1 N–H and O–H groups in total. The van der Waals surface area contributed by atoms with Gasteiger partial charge >= 0.3 is 0 Å². The van der Waals surface area contributed by atoms with Crippen molar-refractivity contribution in [1.29, 1.82) is 0 Å². The normalized spacial score (nSPS) is 21.4. The number of rotatable bonds is 5. The van der Waals surface area contributed by atoms with E-state index in [2.05, 4.69) is 46.9 Å². The summed E-state index contributed by atoms with van der Waals surface area (Å²) in [5.74, 6) is 2.44. The van der Waals surface area contributed by atoms with Crippen molar-refractivity contribution >= 4 is 5.95 Å². The van der Waals surface area contributed by atoms with Crippen LogP contribution in [0.1, 0.15) is 26.7 Å². The number of piperidine rings is 1. The smallest absolute Gasteiger partial charge is 0.202 e. The molecule has 18 heavy (non-hydrogen) atoms. The molecule has 0 aliphatic carbocycles. The Morgan fingerprint density at radius 2 is 2.33 bits per heavy atom. The van der Waals surface area contributed by atoms with Gasteiger partial charge in [0.2, 0.25) is 5.95 Å². The minimum Gasteiger partial charge on any atom is -0.355 e. The zero-order chi connectivity index (χ0) is 13.0. The molecule has 1 aliphatic heterocycles. The lowest BCUT2D eigenvalue weighted by atomic mass is 9.99. The van der Waals surface area contributed by atoms with Gasteiger partial charge in [0.15, 0.2) is 0 Å². The standard InChI is InChI=1S/C14H26N4/c1-12(2)10-18-8-6-15-14(18)16-9-13-5-4-7-17(3)11-13/h6,8,12-13H,4-5,7,9-11H2,1-3H3,(H,15,16). The topological polar surface area (TPSA) is 33.1 Å². The minimum absolute atomic E-state index is 0.653. The van der Waals surface area contributed by atoms with Gasteiger partial charge < -0.3 is 14.8 Å². The van der Waals surface area contributed by atoms with E-state index in [4.69, 9.17) is 0 Å². The molecule has 1 saturated heterocycles. The number of imidazole rings is 1. The van der Waals surface area contributed by atoms with Crippen molar-refractivity contribution in [2.24, 2.45) is 11.8 Å². The second-order valence-electron chi connectivity index (χ2n) is 5.95. The van der Waals surface area contributed by atoms with Crippen molar-refractivity contribution in [3.63, 3.8) is 0 Å². The number of aromatic nitrogens is 2. The van der Waals surface area contributed by atoms with Gasteiger partial charge in [-0.3, -0.25) is 0 Å². The highest BCUT2D eigenvalue weighted by Gasteiger charge is 2.17. The second kappa shape index (κ2) is 6.23. The van der Waals surface area contributed by atoms with Gasteiger partial charge in [0.25, 0.3) is 0 Å². The van der Waals surface area contributed by atoms with E-state index in [1.54, 1.807) is 0 Å². The van der Waals surface area contributed by atoms with Crippen LogP contribution in [-0.2, 0) is 6.54 Å². The van der Waals surface area contributed by atoms with E-state index in [1.165, 1.54) is 25.9 Å². The molecule has 0 amide bonds. The molecule has 102 valence electrons. The Kier molecular flexibility index (Phi) is 4.64. The van der Waals surface area contributed by atoms with E-state index in [0.717, 1.165) is 25.0 Å². The number of nitrogens with one attached hydrogen (secondary N) is 1. The van der Waals surface area contributed by atoms with Crippen molar-refractivity contribution in [1.82, 2.24) is 14.5 Å². The number of hydrogen-bond acceptors (Lipinski definition) is 3. The van der Waals surface area contributed by atoms with Crippen LogP contribution in [0.15, 0.2) is 12.4 Å². The molecule has 2 heterocycles. The maximum Gasteiger partial charge on any atom is 0.202 e. The fourth-order valence-electron chi connectivity index (χ4n) is 2.69. The van der Waals surface area contributed by atoms with Gasteiger partial charge in [0.1, 0.15) is 0 Å². The molecule has 1 fully saturated rings. The first-order valence-corrected chi connectivity index (χ1v) is 7.08. The number of likely N-dealkylation sites (tertiary alicyclic amines) is 1. The van der Waals surface area contributed by atoms with Crippen molar-refractivity contribution in [2.75, 3.05) is 32.0 Å². The molecule has 1 aromatic rings. The molecule has 0 radical (unpaired) electrons. The molecule has 2 rings (SSSR count). The zero-order valence-corrected chi connectivity index (χ0v) is 11.9. The molecule has 4 nitrogen and oxygen atoms in total. The minimum atomic E-state index is 0.653. The van der Waals surface area contributed by atoms with E-state index < -0.39 is 0 Å². The second-order valence-corrected chi connectivity index (χ2v) is 5.95. The molecule has 0 saturated carbocycles. The summed E-state index contributed by atoms with van der Waals surface area (Å²) in [6.45, 7) is 9.00. The average molecular weight is 250 g/mol. The molecule has 1 atom stereocenters. The molecule has 4 heteroatoms. The summed E-state index contributed by atoms with van der Waals surface area (Å²) >= 11 is 0. The van der Waals surface area contributed by atoms with Gasteiger partial charge in [0, 0.05) is 32.0 Å². The summed E-state index contributed by atoms with van der Waals surface area (Å²) in [5, 5.41) is 3.51. The Labute approximate surface area is 110 Å². The quantitative estimate of drug-likeness (QED) is 0.870. The Morgan fingerprint density at radius 3 is 3.06 bits per heavy atom. The van der Waals surface area contributed by atoms with E-state index in [9.17, 15) is 0 Å². The SMILES string of the molecule is CC(C)Cn1ccnc1NCC1CCCN(C)C1. The number of hydrogen-bond donors (Lipinski definition) is 1. The summed E-state index contributed by atoms with van der Waals surface area (Å²) in [4.78, 5) is 6.84. The van der Waals surface area contributed by atoms with E-state index >= 15 is 0 Å². The molecular formula is C14H26N4. The Morgan fingerprint density at radius 1 is 1.50 bits per heavy atom. The predicted molar refractivity (Wildman–Crippen MR) is 75.8 cm³/mol. The summed E-state index contributed by atoms with van der Waals surface area (Å²) in [7, 11) is 2.21.